The average Bonchev–Trinajstić information content (AvgIpc) is 3.06. The molecule has 0 heterocycles. The van der Waals surface area contributed by atoms with E-state index < -0.39 is 0 Å². The van der Waals surface area contributed by atoms with Crippen LogP contribution in [0.3, 0.4) is 0 Å². The maximum Gasteiger partial charge on any atom is 0.188 e. The minimum Gasteiger partial charge on any atom is -0.289 e. The molecule has 1 aromatic rings. The number of carbonyl (C=O) groups is 1. The van der Waals surface area contributed by atoms with Gasteiger partial charge in [-0.15, -0.1) is 13.2 Å². The van der Waals surface area contributed by atoms with E-state index in [0.29, 0.717) is 23.7 Å². The van der Waals surface area contributed by atoms with Crippen LogP contribution >= 0.6 is 0 Å². The molecule has 0 aliphatic heterocycles. The van der Waals surface area contributed by atoms with Crippen molar-refractivity contribution in [2.75, 3.05) is 0 Å². The molecule has 0 radical (unpaired) electrons. The van der Waals surface area contributed by atoms with Gasteiger partial charge in [0.2, 0.25) is 0 Å². The zero-order valence-corrected chi connectivity index (χ0v) is 11.7. The number of allylic oxidation sites excluding steroid dienone is 4. The molecule has 3 rings (SSSR count). The molecule has 2 aliphatic rings. The number of carbonyl (C=O) groups excluding carboxylic acids is 1. The Kier molecular flexibility index (Phi) is 3.43. The summed E-state index contributed by atoms with van der Waals surface area (Å²) in [5.74, 6) is 2.20. The summed E-state index contributed by atoms with van der Waals surface area (Å²) >= 11 is 0. The van der Waals surface area contributed by atoms with Crippen LogP contribution < -0.4 is 0 Å². The fraction of sp³-hybridized carbons (Fsp3) is 0.316. The second-order valence-electron chi connectivity index (χ2n) is 5.87. The van der Waals surface area contributed by atoms with Crippen LogP contribution in [0.25, 0.3) is 0 Å². The predicted octanol–water partition coefficient (Wildman–Crippen LogP) is 4.44. The van der Waals surface area contributed by atoms with E-state index in [9.17, 15) is 4.79 Å². The first-order valence-corrected chi connectivity index (χ1v) is 7.30. The lowest BCUT2D eigenvalue weighted by Crippen LogP contribution is -2.10. The van der Waals surface area contributed by atoms with Gasteiger partial charge in [0, 0.05) is 5.56 Å². The zero-order valence-electron chi connectivity index (χ0n) is 11.7. The lowest BCUT2D eigenvalue weighted by Gasteiger charge is -2.15. The molecule has 0 aromatic heterocycles. The first-order valence-electron chi connectivity index (χ1n) is 7.30. The van der Waals surface area contributed by atoms with Crippen molar-refractivity contribution in [2.24, 2.45) is 23.7 Å². The Labute approximate surface area is 120 Å². The summed E-state index contributed by atoms with van der Waals surface area (Å²) in [4.78, 5) is 12.5. The number of Topliss-reactive ketones (excluding diaryl/α,β-unsaturated/α-hetero) is 1. The summed E-state index contributed by atoms with van der Waals surface area (Å²) < 4.78 is 0. The minimum absolute atomic E-state index is 0.186. The van der Waals surface area contributed by atoms with Crippen molar-refractivity contribution >= 4 is 5.78 Å². The van der Waals surface area contributed by atoms with Crippen LogP contribution in [-0.4, -0.2) is 5.78 Å². The lowest BCUT2D eigenvalue weighted by atomic mass is 9.89. The molecule has 0 amide bonds. The summed E-state index contributed by atoms with van der Waals surface area (Å²) in [5, 5.41) is 0. The summed E-state index contributed by atoms with van der Waals surface area (Å²) in [6.45, 7) is 7.91. The van der Waals surface area contributed by atoms with Gasteiger partial charge in [-0.05, 0) is 42.1 Å². The molecule has 102 valence electrons. The third-order valence-corrected chi connectivity index (χ3v) is 4.87. The lowest BCUT2D eigenvalue weighted by molar-refractivity contribution is 0.103. The van der Waals surface area contributed by atoms with Crippen molar-refractivity contribution in [3.8, 4) is 0 Å². The third kappa shape index (κ3) is 2.07. The van der Waals surface area contributed by atoms with Crippen molar-refractivity contribution in [3.63, 3.8) is 0 Å². The van der Waals surface area contributed by atoms with Gasteiger partial charge in [0.25, 0.3) is 0 Å². The Morgan fingerprint density at radius 1 is 1.10 bits per heavy atom. The smallest absolute Gasteiger partial charge is 0.188 e. The zero-order chi connectivity index (χ0) is 14.1. The van der Waals surface area contributed by atoms with E-state index in [-0.39, 0.29) is 5.78 Å². The summed E-state index contributed by atoms with van der Waals surface area (Å²) in [6, 6.07) is 9.57. The van der Waals surface area contributed by atoms with E-state index >= 15 is 0 Å². The second-order valence-corrected chi connectivity index (χ2v) is 5.87. The van der Waals surface area contributed by atoms with Crippen molar-refractivity contribution in [3.05, 3.63) is 72.9 Å². The highest BCUT2D eigenvalue weighted by molar-refractivity contribution is 6.09. The first kappa shape index (κ1) is 13.1. The molecule has 1 aromatic carbocycles. The Morgan fingerprint density at radius 2 is 1.80 bits per heavy atom. The molecule has 1 heteroatoms. The van der Waals surface area contributed by atoms with Gasteiger partial charge in [0.05, 0.1) is 0 Å². The van der Waals surface area contributed by atoms with E-state index in [1.54, 1.807) is 0 Å². The molecule has 20 heavy (non-hydrogen) atoms. The highest BCUT2D eigenvalue weighted by Crippen LogP contribution is 2.51. The third-order valence-electron chi connectivity index (χ3n) is 4.87. The van der Waals surface area contributed by atoms with E-state index in [4.69, 9.17) is 0 Å². The average molecular weight is 264 g/mol. The van der Waals surface area contributed by atoms with Crippen molar-refractivity contribution in [1.29, 1.82) is 0 Å². The van der Waals surface area contributed by atoms with Gasteiger partial charge in [-0.2, -0.15) is 0 Å². The van der Waals surface area contributed by atoms with Gasteiger partial charge in [0.1, 0.15) is 0 Å². The molecule has 0 bridgehead atoms. The Bertz CT molecular complexity index is 567. The number of ketones is 1. The maximum absolute atomic E-state index is 12.5. The fourth-order valence-electron chi connectivity index (χ4n) is 3.81. The number of hydrogen-bond donors (Lipinski definition) is 0. The van der Waals surface area contributed by atoms with Crippen LogP contribution in [0.1, 0.15) is 23.2 Å². The molecule has 0 N–H and O–H groups in total. The largest absolute Gasteiger partial charge is 0.289 e. The molecule has 0 spiro atoms. The monoisotopic (exact) mass is 264 g/mol. The van der Waals surface area contributed by atoms with E-state index in [1.165, 1.54) is 0 Å². The summed E-state index contributed by atoms with van der Waals surface area (Å²) in [5.41, 5.74) is 1.77. The molecule has 1 saturated carbocycles. The Balaban J connectivity index is 1.86. The van der Waals surface area contributed by atoms with Crippen LogP contribution in [0.4, 0.5) is 0 Å². The number of hydrogen-bond acceptors (Lipinski definition) is 1. The van der Waals surface area contributed by atoms with E-state index in [1.807, 2.05) is 36.4 Å². The van der Waals surface area contributed by atoms with Crippen molar-refractivity contribution in [1.82, 2.24) is 0 Å². The Morgan fingerprint density at radius 3 is 2.45 bits per heavy atom. The van der Waals surface area contributed by atoms with Crippen LogP contribution in [-0.2, 0) is 0 Å². The molecule has 1 nitrogen and oxygen atoms in total. The maximum atomic E-state index is 12.5. The molecular formula is C19H20O. The van der Waals surface area contributed by atoms with Gasteiger partial charge in [-0.3, -0.25) is 4.79 Å². The molecule has 4 atom stereocenters. The fourth-order valence-corrected chi connectivity index (χ4v) is 3.81. The number of rotatable bonds is 4. The predicted molar refractivity (Wildman–Crippen MR) is 82.4 cm³/mol. The van der Waals surface area contributed by atoms with Gasteiger partial charge in [-0.1, -0.05) is 48.6 Å². The highest BCUT2D eigenvalue weighted by Gasteiger charge is 2.44. The Hall–Kier alpha value is -1.89. The molecule has 1 fully saturated rings. The summed E-state index contributed by atoms with van der Waals surface area (Å²) in [7, 11) is 0. The topological polar surface area (TPSA) is 17.1 Å². The van der Waals surface area contributed by atoms with Crippen molar-refractivity contribution in [2.45, 2.75) is 12.8 Å². The minimum atomic E-state index is 0.186. The SMILES string of the molecule is C=CC1CC(C=C)C2CC(C(=O)c3ccccc3)=CC12. The molecule has 2 aliphatic carbocycles. The number of fused-ring (bicyclic) bond motifs is 1. The van der Waals surface area contributed by atoms with E-state index in [2.05, 4.69) is 25.3 Å². The second kappa shape index (κ2) is 5.24. The number of benzene rings is 1. The van der Waals surface area contributed by atoms with Gasteiger partial charge in [0.15, 0.2) is 5.78 Å². The van der Waals surface area contributed by atoms with Crippen LogP contribution in [0.15, 0.2) is 67.3 Å². The van der Waals surface area contributed by atoms with Crippen molar-refractivity contribution < 1.29 is 4.79 Å². The normalized spacial score (nSPS) is 31.5. The quantitative estimate of drug-likeness (QED) is 0.580. The standard InChI is InChI=1S/C19H20O/c1-3-13-10-14(4-2)18-12-16(11-17(13)18)19(20)15-8-6-5-7-9-15/h3-9,11,13-14,17-18H,1-2,10,12H2. The van der Waals surface area contributed by atoms with Crippen LogP contribution in [0, 0.1) is 23.7 Å². The summed E-state index contributed by atoms with van der Waals surface area (Å²) in [6.07, 6.45) is 8.33. The molecular weight excluding hydrogens is 244 g/mol. The highest BCUT2D eigenvalue weighted by atomic mass is 16.1. The van der Waals surface area contributed by atoms with E-state index in [0.717, 1.165) is 24.0 Å². The molecule has 4 unspecified atom stereocenters. The molecule has 0 saturated heterocycles. The van der Waals surface area contributed by atoms with Gasteiger partial charge in [-0.25, -0.2) is 0 Å². The van der Waals surface area contributed by atoms with Crippen LogP contribution in [0.5, 0.6) is 0 Å². The van der Waals surface area contributed by atoms with Crippen LogP contribution in [0.2, 0.25) is 0 Å². The van der Waals surface area contributed by atoms with Gasteiger partial charge >= 0.3 is 0 Å². The van der Waals surface area contributed by atoms with Gasteiger partial charge < -0.3 is 0 Å². The first-order chi connectivity index (χ1) is 9.74.